The predicted molar refractivity (Wildman–Crippen MR) is 108 cm³/mol. The molecule has 18 nitrogen and oxygen atoms in total. The van der Waals surface area contributed by atoms with Crippen LogP contribution in [0.4, 0.5) is 5.82 Å². The Morgan fingerprint density at radius 3 is 2.35 bits per heavy atom. The normalized spacial score (nSPS) is 26.6. The molecule has 34 heavy (non-hydrogen) atoms. The molecule has 1 aliphatic rings. The molecule has 0 aromatic carbocycles. The number of hydrogen-bond donors (Lipinski definition) is 7. The van der Waals surface area contributed by atoms with Gasteiger partial charge in [0.05, 0.1) is 6.61 Å². The molecule has 7 N–H and O–H groups in total. The standard InChI is InChI=1S/C13H22N3O15P3/c1-2-3-9(17)14-8-4-5-16(13(20)15-8)12-11(19)10(18)7(29-12)6-28-33(24,25)31-34(26,27)30-32(21,22)23/h4-5,7,10-12,18-19H,2-3,6H2,1H3,(H,24,25)(H,26,27)(H2,21,22,23)(H,14,15,17,20)/t7-,10-,11-,12-/m1/s1. The van der Waals surface area contributed by atoms with E-state index in [9.17, 15) is 38.4 Å². The van der Waals surface area contributed by atoms with Gasteiger partial charge in [-0.1, -0.05) is 6.92 Å². The molecule has 1 aromatic rings. The van der Waals surface area contributed by atoms with Crippen molar-refractivity contribution in [1.82, 2.24) is 9.55 Å². The quantitative estimate of drug-likeness (QED) is 0.161. The molecule has 21 heteroatoms. The number of rotatable bonds is 11. The van der Waals surface area contributed by atoms with E-state index in [1.165, 1.54) is 6.07 Å². The maximum atomic E-state index is 12.3. The maximum absolute atomic E-state index is 12.3. The Hall–Kier alpha value is -1.36. The number of aliphatic hydroxyl groups is 2. The molecule has 0 spiro atoms. The number of nitrogens with zero attached hydrogens (tertiary/aromatic N) is 2. The Morgan fingerprint density at radius 1 is 1.15 bits per heavy atom. The number of amides is 1. The highest BCUT2D eigenvalue weighted by Crippen LogP contribution is 2.66. The zero-order valence-electron chi connectivity index (χ0n) is 17.2. The Balaban J connectivity index is 2.05. The van der Waals surface area contributed by atoms with E-state index in [0.29, 0.717) is 6.42 Å². The molecule has 1 aliphatic heterocycles. The van der Waals surface area contributed by atoms with E-state index >= 15 is 0 Å². The summed E-state index contributed by atoms with van der Waals surface area (Å²) in [5.41, 5.74) is -0.987. The molecule has 1 aromatic heterocycles. The highest BCUT2D eigenvalue weighted by molar-refractivity contribution is 7.66. The van der Waals surface area contributed by atoms with Crippen molar-refractivity contribution in [1.29, 1.82) is 0 Å². The molecule has 0 bridgehead atoms. The second-order valence-electron chi connectivity index (χ2n) is 6.73. The van der Waals surface area contributed by atoms with Gasteiger partial charge in [0.15, 0.2) is 6.23 Å². The molecule has 194 valence electrons. The molecule has 1 amide bonds. The largest absolute Gasteiger partial charge is 0.490 e. The minimum Gasteiger partial charge on any atom is -0.387 e. The van der Waals surface area contributed by atoms with Gasteiger partial charge in [0.2, 0.25) is 5.91 Å². The van der Waals surface area contributed by atoms with Crippen molar-refractivity contribution in [3.05, 3.63) is 22.7 Å². The number of ether oxygens (including phenoxy) is 1. The minimum absolute atomic E-state index is 0.0723. The van der Waals surface area contributed by atoms with E-state index in [1.54, 1.807) is 6.92 Å². The summed E-state index contributed by atoms with van der Waals surface area (Å²) < 4.78 is 51.2. The van der Waals surface area contributed by atoms with Gasteiger partial charge >= 0.3 is 29.2 Å². The summed E-state index contributed by atoms with van der Waals surface area (Å²) >= 11 is 0. The van der Waals surface area contributed by atoms with Gasteiger partial charge in [0.1, 0.15) is 24.1 Å². The number of carbonyl (C=O) groups is 1. The monoisotopic (exact) mass is 553 g/mol. The average Bonchev–Trinajstić information content (AvgIpc) is 2.92. The second kappa shape index (κ2) is 11.1. The Kier molecular flexibility index (Phi) is 9.46. The molecular weight excluding hydrogens is 531 g/mol. The zero-order valence-corrected chi connectivity index (χ0v) is 19.9. The topological polar surface area (TPSA) is 273 Å². The molecule has 1 saturated heterocycles. The fourth-order valence-electron chi connectivity index (χ4n) is 2.68. The van der Waals surface area contributed by atoms with Gasteiger partial charge in [-0.25, -0.2) is 18.5 Å². The minimum atomic E-state index is -5.75. The fraction of sp³-hybridized carbons (Fsp3) is 0.615. The SMILES string of the molecule is CCCC(=O)Nc1ccn([C@@H]2O[C@H](COP(=O)(O)OP(=O)(O)OP(=O)(O)O)[C@@H](O)[C@H]2O)c(=O)n1. The number of phosphoric acid groups is 3. The van der Waals surface area contributed by atoms with Crippen LogP contribution < -0.4 is 11.0 Å². The maximum Gasteiger partial charge on any atom is 0.490 e. The molecule has 6 atom stereocenters. The van der Waals surface area contributed by atoms with Crippen LogP contribution in [0.1, 0.15) is 26.0 Å². The lowest BCUT2D eigenvalue weighted by molar-refractivity contribution is -0.116. The third-order valence-electron chi connectivity index (χ3n) is 4.00. The van der Waals surface area contributed by atoms with Gasteiger partial charge in [-0.05, 0) is 12.5 Å². The summed E-state index contributed by atoms with van der Waals surface area (Å²) in [7, 11) is -16.8. The lowest BCUT2D eigenvalue weighted by atomic mass is 10.1. The molecular formula is C13H22N3O15P3. The van der Waals surface area contributed by atoms with Crippen molar-refractivity contribution in [2.45, 2.75) is 44.3 Å². The van der Waals surface area contributed by atoms with Crippen molar-refractivity contribution in [3.63, 3.8) is 0 Å². The van der Waals surface area contributed by atoms with Gasteiger partial charge in [-0.2, -0.15) is 13.6 Å². The van der Waals surface area contributed by atoms with Crippen LogP contribution in [-0.4, -0.2) is 70.2 Å². The highest BCUT2D eigenvalue weighted by atomic mass is 31.3. The van der Waals surface area contributed by atoms with Crippen LogP contribution >= 0.6 is 23.5 Å². The van der Waals surface area contributed by atoms with Crippen LogP contribution in [0, 0.1) is 0 Å². The number of hydrogen-bond acceptors (Lipinski definition) is 12. The lowest BCUT2D eigenvalue weighted by Crippen LogP contribution is -2.36. The number of phosphoric ester groups is 1. The van der Waals surface area contributed by atoms with Gasteiger partial charge in [0, 0.05) is 12.6 Å². The third kappa shape index (κ3) is 8.39. The first-order chi connectivity index (χ1) is 15.5. The first-order valence-electron chi connectivity index (χ1n) is 9.22. The van der Waals surface area contributed by atoms with E-state index in [0.717, 1.165) is 10.8 Å². The third-order valence-corrected chi connectivity index (χ3v) is 7.81. The Labute approximate surface area is 190 Å². The van der Waals surface area contributed by atoms with Crippen molar-refractivity contribution in [3.8, 4) is 0 Å². The van der Waals surface area contributed by atoms with Gasteiger partial charge in [-0.15, -0.1) is 0 Å². The molecule has 2 unspecified atom stereocenters. The molecule has 2 heterocycles. The van der Waals surface area contributed by atoms with Gasteiger partial charge in [-0.3, -0.25) is 13.9 Å². The van der Waals surface area contributed by atoms with Crippen molar-refractivity contribution in [2.24, 2.45) is 0 Å². The van der Waals surface area contributed by atoms with E-state index in [4.69, 9.17) is 19.4 Å². The van der Waals surface area contributed by atoms with E-state index < -0.39 is 60.3 Å². The number of aliphatic hydroxyl groups excluding tert-OH is 2. The summed E-state index contributed by atoms with van der Waals surface area (Å²) in [6, 6.07) is 1.22. The van der Waals surface area contributed by atoms with Crippen LogP contribution in [-0.2, 0) is 36.4 Å². The summed E-state index contributed by atoms with van der Waals surface area (Å²) in [6.07, 6.45) is -4.85. The molecule has 0 aliphatic carbocycles. The van der Waals surface area contributed by atoms with E-state index in [1.807, 2.05) is 0 Å². The molecule has 2 rings (SSSR count). The van der Waals surface area contributed by atoms with Crippen LogP contribution in [0.5, 0.6) is 0 Å². The number of nitrogens with one attached hydrogen (secondary N) is 1. The van der Waals surface area contributed by atoms with E-state index in [-0.39, 0.29) is 18.1 Å². The lowest BCUT2D eigenvalue weighted by Gasteiger charge is -2.19. The molecule has 0 saturated carbocycles. The second-order valence-corrected chi connectivity index (χ2v) is 11.2. The van der Waals surface area contributed by atoms with Crippen LogP contribution in [0.2, 0.25) is 0 Å². The van der Waals surface area contributed by atoms with E-state index in [2.05, 4.69) is 23.4 Å². The van der Waals surface area contributed by atoms with Crippen molar-refractivity contribution < 1.29 is 66.2 Å². The van der Waals surface area contributed by atoms with Crippen LogP contribution in [0.25, 0.3) is 0 Å². The van der Waals surface area contributed by atoms with Crippen molar-refractivity contribution in [2.75, 3.05) is 11.9 Å². The number of anilines is 1. The van der Waals surface area contributed by atoms with Crippen molar-refractivity contribution >= 4 is 35.2 Å². The summed E-state index contributed by atoms with van der Waals surface area (Å²) in [4.78, 5) is 63.1. The molecule has 1 fully saturated rings. The summed E-state index contributed by atoms with van der Waals surface area (Å²) in [6.45, 7) is 0.724. The number of carbonyl (C=O) groups excluding carboxylic acids is 1. The first kappa shape index (κ1) is 28.9. The summed E-state index contributed by atoms with van der Waals surface area (Å²) in [5, 5.41) is 22.7. The summed E-state index contributed by atoms with van der Waals surface area (Å²) in [5.74, 6) is -0.455. The van der Waals surface area contributed by atoms with Crippen LogP contribution in [0.15, 0.2) is 17.1 Å². The van der Waals surface area contributed by atoms with Gasteiger partial charge < -0.3 is 39.8 Å². The fourth-order valence-corrected chi connectivity index (χ4v) is 5.71. The smallest absolute Gasteiger partial charge is 0.387 e. The van der Waals surface area contributed by atoms with Gasteiger partial charge in [0.25, 0.3) is 0 Å². The highest BCUT2D eigenvalue weighted by Gasteiger charge is 2.46. The average molecular weight is 553 g/mol. The predicted octanol–water partition coefficient (Wildman–Crippen LogP) is -1.06. The molecule has 0 radical (unpaired) electrons. The Bertz CT molecular complexity index is 1090. The first-order valence-corrected chi connectivity index (χ1v) is 13.7. The van der Waals surface area contributed by atoms with Crippen LogP contribution in [0.3, 0.4) is 0 Å². The zero-order chi connectivity index (χ0) is 25.9. The number of aromatic nitrogens is 2. The Morgan fingerprint density at radius 2 is 1.79 bits per heavy atom.